The van der Waals surface area contributed by atoms with Crippen molar-refractivity contribution in [2.24, 2.45) is 0 Å². The van der Waals surface area contributed by atoms with Gasteiger partial charge in [-0.2, -0.15) is 13.2 Å². The monoisotopic (exact) mass is 243 g/mol. The first kappa shape index (κ1) is 11.4. The molecule has 0 unspecified atom stereocenters. The summed E-state index contributed by atoms with van der Waals surface area (Å²) in [5.41, 5.74) is -0.134. The predicted molar refractivity (Wildman–Crippen MR) is 56.0 cm³/mol. The molecule has 2 aromatic heterocycles. The summed E-state index contributed by atoms with van der Waals surface area (Å²) in [6.07, 6.45) is -2.85. The maximum Gasteiger partial charge on any atom is 0.405 e. The molecule has 0 atom stereocenters. The van der Waals surface area contributed by atoms with Gasteiger partial charge < -0.3 is 5.32 Å². The number of nitrogens with zero attached hydrogens (tertiary/aromatic N) is 2. The maximum absolute atomic E-state index is 12.0. The molecule has 0 aromatic carbocycles. The van der Waals surface area contributed by atoms with E-state index in [-0.39, 0.29) is 5.82 Å². The minimum Gasteiger partial charge on any atom is -0.361 e. The topological polar surface area (TPSA) is 46.4 Å². The van der Waals surface area contributed by atoms with Gasteiger partial charge in [0.1, 0.15) is 18.0 Å². The van der Waals surface area contributed by atoms with Crippen LogP contribution >= 0.6 is 0 Å². The Morgan fingerprint density at radius 1 is 1.35 bits per heavy atom. The molecule has 0 bridgehead atoms. The summed E-state index contributed by atoms with van der Waals surface area (Å²) in [5.74, 6) is -0.0847. The molecule has 0 saturated carbocycles. The Morgan fingerprint density at radius 3 is 2.82 bits per heavy atom. The molecular weight excluding hydrogens is 235 g/mol. The molecule has 1 N–H and O–H groups in total. The van der Waals surface area contributed by atoms with Crippen LogP contribution in [0.3, 0.4) is 0 Å². The van der Waals surface area contributed by atoms with Gasteiger partial charge in [0.05, 0.1) is 0 Å². The fourth-order valence-electron chi connectivity index (χ4n) is 1.34. The van der Waals surface area contributed by atoms with Gasteiger partial charge in [-0.15, -0.1) is 0 Å². The van der Waals surface area contributed by atoms with Crippen LogP contribution in [0.15, 0.2) is 35.3 Å². The van der Waals surface area contributed by atoms with Crippen molar-refractivity contribution in [3.63, 3.8) is 0 Å². The van der Waals surface area contributed by atoms with E-state index in [1.54, 1.807) is 18.2 Å². The Balaban J connectivity index is 2.34. The second-order valence-corrected chi connectivity index (χ2v) is 3.38. The lowest BCUT2D eigenvalue weighted by Crippen LogP contribution is -2.23. The number of rotatable bonds is 2. The van der Waals surface area contributed by atoms with E-state index in [1.807, 2.05) is 0 Å². The van der Waals surface area contributed by atoms with Crippen LogP contribution in [-0.4, -0.2) is 22.1 Å². The van der Waals surface area contributed by atoms with Crippen molar-refractivity contribution in [3.05, 3.63) is 40.8 Å². The van der Waals surface area contributed by atoms with Gasteiger partial charge in [0, 0.05) is 12.3 Å². The molecule has 4 nitrogen and oxygen atoms in total. The van der Waals surface area contributed by atoms with Crippen molar-refractivity contribution in [2.45, 2.75) is 6.18 Å². The highest BCUT2D eigenvalue weighted by molar-refractivity contribution is 5.46. The quantitative estimate of drug-likeness (QED) is 0.872. The zero-order valence-corrected chi connectivity index (χ0v) is 8.53. The van der Waals surface area contributed by atoms with Gasteiger partial charge in [0.25, 0.3) is 5.56 Å². The SMILES string of the molecule is O=c1cc(NCC(F)(F)F)nc2ccccn12. The first-order chi connectivity index (χ1) is 7.96. The molecule has 0 aliphatic heterocycles. The molecule has 17 heavy (non-hydrogen) atoms. The maximum atomic E-state index is 12.0. The Kier molecular flexibility index (Phi) is 2.74. The molecule has 7 heteroatoms. The predicted octanol–water partition coefficient (Wildman–Crippen LogP) is 1.67. The summed E-state index contributed by atoms with van der Waals surface area (Å²) < 4.78 is 37.2. The van der Waals surface area contributed by atoms with E-state index in [0.29, 0.717) is 5.65 Å². The molecule has 0 saturated heterocycles. The van der Waals surface area contributed by atoms with E-state index < -0.39 is 18.3 Å². The average Bonchev–Trinajstić information content (AvgIpc) is 2.26. The lowest BCUT2D eigenvalue weighted by atomic mass is 10.4. The van der Waals surface area contributed by atoms with Gasteiger partial charge >= 0.3 is 6.18 Å². The number of hydrogen-bond acceptors (Lipinski definition) is 3. The first-order valence-electron chi connectivity index (χ1n) is 4.75. The lowest BCUT2D eigenvalue weighted by molar-refractivity contribution is -0.115. The van der Waals surface area contributed by atoms with Crippen LogP contribution in [0.2, 0.25) is 0 Å². The molecule has 2 rings (SSSR count). The minimum atomic E-state index is -4.34. The van der Waals surface area contributed by atoms with Gasteiger partial charge in [-0.3, -0.25) is 9.20 Å². The fraction of sp³-hybridized carbons (Fsp3) is 0.200. The van der Waals surface area contributed by atoms with E-state index in [9.17, 15) is 18.0 Å². The van der Waals surface area contributed by atoms with E-state index in [2.05, 4.69) is 10.3 Å². The molecule has 2 aromatic rings. The molecule has 0 fully saturated rings. The van der Waals surface area contributed by atoms with Crippen LogP contribution in [-0.2, 0) is 0 Å². The number of fused-ring (bicyclic) bond motifs is 1. The van der Waals surface area contributed by atoms with Gasteiger partial charge in [0.15, 0.2) is 0 Å². The fourth-order valence-corrected chi connectivity index (χ4v) is 1.34. The van der Waals surface area contributed by atoms with E-state index in [1.165, 1.54) is 10.6 Å². The zero-order valence-electron chi connectivity index (χ0n) is 8.53. The van der Waals surface area contributed by atoms with Crippen molar-refractivity contribution >= 4 is 11.5 Å². The van der Waals surface area contributed by atoms with E-state index in [4.69, 9.17) is 0 Å². The van der Waals surface area contributed by atoms with Gasteiger partial charge in [-0.25, -0.2) is 4.98 Å². The summed E-state index contributed by atoms with van der Waals surface area (Å²) in [6, 6.07) is 5.85. The minimum absolute atomic E-state index is 0.0847. The second-order valence-electron chi connectivity index (χ2n) is 3.38. The number of anilines is 1. The molecule has 0 spiro atoms. The normalized spacial score (nSPS) is 11.7. The summed E-state index contributed by atoms with van der Waals surface area (Å²) in [7, 11) is 0. The summed E-state index contributed by atoms with van der Waals surface area (Å²) >= 11 is 0. The summed E-state index contributed by atoms with van der Waals surface area (Å²) in [4.78, 5) is 15.4. The van der Waals surface area contributed by atoms with Crippen molar-refractivity contribution in [1.29, 1.82) is 0 Å². The third-order valence-electron chi connectivity index (χ3n) is 2.04. The highest BCUT2D eigenvalue weighted by Gasteiger charge is 2.26. The van der Waals surface area contributed by atoms with Gasteiger partial charge in [-0.1, -0.05) is 6.07 Å². The van der Waals surface area contributed by atoms with Crippen molar-refractivity contribution in [3.8, 4) is 0 Å². The highest BCUT2D eigenvalue weighted by atomic mass is 19.4. The number of pyridine rings is 1. The zero-order chi connectivity index (χ0) is 12.5. The summed E-state index contributed by atoms with van der Waals surface area (Å²) in [6.45, 7) is -1.22. The van der Waals surface area contributed by atoms with Crippen molar-refractivity contribution in [1.82, 2.24) is 9.38 Å². The third kappa shape index (κ3) is 2.74. The van der Waals surface area contributed by atoms with Crippen LogP contribution in [0.5, 0.6) is 0 Å². The number of nitrogens with one attached hydrogen (secondary N) is 1. The molecule has 0 aliphatic rings. The lowest BCUT2D eigenvalue weighted by Gasteiger charge is -2.09. The van der Waals surface area contributed by atoms with E-state index >= 15 is 0 Å². The largest absolute Gasteiger partial charge is 0.405 e. The molecular formula is C10H8F3N3O. The van der Waals surface area contributed by atoms with Crippen LogP contribution in [0.25, 0.3) is 5.65 Å². The number of alkyl halides is 3. The first-order valence-corrected chi connectivity index (χ1v) is 4.75. The van der Waals surface area contributed by atoms with Gasteiger partial charge in [-0.05, 0) is 12.1 Å². The van der Waals surface area contributed by atoms with Crippen LogP contribution in [0.1, 0.15) is 0 Å². The average molecular weight is 243 g/mol. The molecule has 0 radical (unpaired) electrons. The Hall–Kier alpha value is -2.05. The Labute approximate surface area is 93.7 Å². The standard InChI is InChI=1S/C10H8F3N3O/c11-10(12,13)6-14-7-5-9(17)16-4-2-1-3-8(16)15-7/h1-5,14H,6H2. The number of halogens is 3. The van der Waals surface area contributed by atoms with Crippen LogP contribution < -0.4 is 10.9 Å². The Bertz CT molecular complexity index is 591. The Morgan fingerprint density at radius 2 is 2.12 bits per heavy atom. The molecule has 0 aliphatic carbocycles. The number of hydrogen-bond donors (Lipinski definition) is 1. The van der Waals surface area contributed by atoms with Crippen molar-refractivity contribution in [2.75, 3.05) is 11.9 Å². The molecule has 90 valence electrons. The number of aromatic nitrogens is 2. The summed E-state index contributed by atoms with van der Waals surface area (Å²) in [5, 5.41) is 2.07. The third-order valence-corrected chi connectivity index (χ3v) is 2.04. The molecule has 0 amide bonds. The van der Waals surface area contributed by atoms with Crippen LogP contribution in [0.4, 0.5) is 19.0 Å². The van der Waals surface area contributed by atoms with Gasteiger partial charge in [0.2, 0.25) is 0 Å². The van der Waals surface area contributed by atoms with E-state index in [0.717, 1.165) is 6.07 Å². The smallest absolute Gasteiger partial charge is 0.361 e. The van der Waals surface area contributed by atoms with Crippen molar-refractivity contribution < 1.29 is 13.2 Å². The molecule has 2 heterocycles. The van der Waals surface area contributed by atoms with Crippen LogP contribution in [0, 0.1) is 0 Å². The second kappa shape index (κ2) is 4.08. The highest BCUT2D eigenvalue weighted by Crippen LogP contribution is 2.15.